The molecule has 1 aromatic heterocycles. The van der Waals surface area contributed by atoms with E-state index in [2.05, 4.69) is 33.9 Å². The molecule has 2 aromatic rings. The van der Waals surface area contributed by atoms with Crippen molar-refractivity contribution in [3.05, 3.63) is 50.6 Å². The zero-order chi connectivity index (χ0) is 13.0. The predicted octanol–water partition coefficient (Wildman–Crippen LogP) is 3.66. The molecule has 2 nitrogen and oxygen atoms in total. The number of benzene rings is 1. The first-order valence-electron chi connectivity index (χ1n) is 5.41. The standard InChI is InChI=1S/C13H12BrNOS2/c14-10-6-12(18-8-10)7-15-13(16)5-9-1-3-11(17)4-2-9/h1-4,6,8,17H,5,7H2,(H,15,16). The van der Waals surface area contributed by atoms with E-state index in [1.807, 2.05) is 35.7 Å². The van der Waals surface area contributed by atoms with Gasteiger partial charge >= 0.3 is 0 Å². The molecule has 0 spiro atoms. The maximum Gasteiger partial charge on any atom is 0.224 e. The van der Waals surface area contributed by atoms with Gasteiger partial charge in [0.05, 0.1) is 13.0 Å². The van der Waals surface area contributed by atoms with E-state index in [9.17, 15) is 4.79 Å². The summed E-state index contributed by atoms with van der Waals surface area (Å²) in [6.07, 6.45) is 0.403. The van der Waals surface area contributed by atoms with Crippen molar-refractivity contribution in [2.45, 2.75) is 17.9 Å². The Morgan fingerprint density at radius 2 is 2.06 bits per heavy atom. The lowest BCUT2D eigenvalue weighted by Crippen LogP contribution is -2.24. The van der Waals surface area contributed by atoms with E-state index in [1.165, 1.54) is 0 Å². The molecular formula is C13H12BrNOS2. The summed E-state index contributed by atoms with van der Waals surface area (Å²) in [6.45, 7) is 0.583. The van der Waals surface area contributed by atoms with Gasteiger partial charge in [-0.1, -0.05) is 12.1 Å². The number of halogens is 1. The highest BCUT2D eigenvalue weighted by Crippen LogP contribution is 2.19. The Kier molecular flexibility index (Phi) is 4.86. The summed E-state index contributed by atoms with van der Waals surface area (Å²) < 4.78 is 1.06. The second-order valence-corrected chi connectivity index (χ2v) is 6.28. The van der Waals surface area contributed by atoms with Crippen molar-refractivity contribution in [3.63, 3.8) is 0 Å². The van der Waals surface area contributed by atoms with Gasteiger partial charge < -0.3 is 5.32 Å². The van der Waals surface area contributed by atoms with E-state index in [1.54, 1.807) is 11.3 Å². The molecule has 1 N–H and O–H groups in total. The lowest BCUT2D eigenvalue weighted by Gasteiger charge is -2.04. The van der Waals surface area contributed by atoms with Gasteiger partial charge in [-0.05, 0) is 39.7 Å². The smallest absolute Gasteiger partial charge is 0.224 e. The van der Waals surface area contributed by atoms with Gasteiger partial charge in [0.2, 0.25) is 5.91 Å². The van der Waals surface area contributed by atoms with Crippen LogP contribution in [0.5, 0.6) is 0 Å². The van der Waals surface area contributed by atoms with Crippen LogP contribution in [0.3, 0.4) is 0 Å². The molecule has 0 unspecified atom stereocenters. The Bertz CT molecular complexity index is 536. The monoisotopic (exact) mass is 341 g/mol. The summed E-state index contributed by atoms with van der Waals surface area (Å²) in [5, 5.41) is 4.91. The van der Waals surface area contributed by atoms with Crippen LogP contribution in [-0.2, 0) is 17.8 Å². The molecule has 0 aliphatic heterocycles. The van der Waals surface area contributed by atoms with E-state index < -0.39 is 0 Å². The molecule has 0 saturated heterocycles. The second kappa shape index (κ2) is 6.41. The first-order chi connectivity index (χ1) is 8.63. The molecular weight excluding hydrogens is 330 g/mol. The second-order valence-electron chi connectivity index (χ2n) is 3.85. The number of rotatable bonds is 4. The highest BCUT2D eigenvalue weighted by Gasteiger charge is 2.04. The minimum absolute atomic E-state index is 0.0337. The summed E-state index contributed by atoms with van der Waals surface area (Å²) in [5.41, 5.74) is 0.998. The highest BCUT2D eigenvalue weighted by atomic mass is 79.9. The number of hydrogen-bond acceptors (Lipinski definition) is 3. The normalized spacial score (nSPS) is 10.3. The Morgan fingerprint density at radius 3 is 2.67 bits per heavy atom. The van der Waals surface area contributed by atoms with Crippen LogP contribution in [0.15, 0.2) is 45.1 Å². The summed E-state index contributed by atoms with van der Waals surface area (Å²) in [4.78, 5) is 13.8. The maximum absolute atomic E-state index is 11.7. The number of carbonyl (C=O) groups excluding carboxylic acids is 1. The molecule has 0 bridgehead atoms. The van der Waals surface area contributed by atoms with E-state index in [-0.39, 0.29) is 5.91 Å². The molecule has 94 valence electrons. The highest BCUT2D eigenvalue weighted by molar-refractivity contribution is 9.10. The fourth-order valence-corrected chi connectivity index (χ4v) is 3.03. The third-order valence-corrected chi connectivity index (χ3v) is 4.38. The van der Waals surface area contributed by atoms with Crippen molar-refractivity contribution in [3.8, 4) is 0 Å². The Labute approximate surface area is 124 Å². The number of thiophene rings is 1. The fourth-order valence-electron chi connectivity index (χ4n) is 1.49. The quantitative estimate of drug-likeness (QED) is 0.816. The maximum atomic E-state index is 11.7. The van der Waals surface area contributed by atoms with Gasteiger partial charge in [0, 0.05) is 19.6 Å². The average molecular weight is 342 g/mol. The molecule has 18 heavy (non-hydrogen) atoms. The first kappa shape index (κ1) is 13.6. The molecule has 1 amide bonds. The summed E-state index contributed by atoms with van der Waals surface area (Å²) >= 11 is 9.23. The van der Waals surface area contributed by atoms with Crippen molar-refractivity contribution in [1.82, 2.24) is 5.32 Å². The summed E-state index contributed by atoms with van der Waals surface area (Å²) in [6, 6.07) is 9.64. The average Bonchev–Trinajstić information content (AvgIpc) is 2.76. The number of thiol groups is 1. The number of amides is 1. The van der Waals surface area contributed by atoms with Crippen LogP contribution < -0.4 is 5.32 Å². The summed E-state index contributed by atoms with van der Waals surface area (Å²) in [5.74, 6) is 0.0337. The van der Waals surface area contributed by atoms with E-state index in [4.69, 9.17) is 0 Å². The van der Waals surface area contributed by atoms with Crippen LogP contribution >= 0.6 is 39.9 Å². The van der Waals surface area contributed by atoms with Gasteiger partial charge in [0.1, 0.15) is 0 Å². The van der Waals surface area contributed by atoms with Crippen LogP contribution in [-0.4, -0.2) is 5.91 Å². The fraction of sp³-hybridized carbons (Fsp3) is 0.154. The topological polar surface area (TPSA) is 29.1 Å². The Morgan fingerprint density at radius 1 is 1.33 bits per heavy atom. The van der Waals surface area contributed by atoms with Gasteiger partial charge in [-0.25, -0.2) is 0 Å². The Balaban J connectivity index is 1.83. The van der Waals surface area contributed by atoms with Gasteiger partial charge in [-0.15, -0.1) is 24.0 Å². The van der Waals surface area contributed by atoms with Crippen molar-refractivity contribution < 1.29 is 4.79 Å². The molecule has 0 aliphatic rings. The largest absolute Gasteiger partial charge is 0.351 e. The van der Waals surface area contributed by atoms with E-state index in [0.717, 1.165) is 19.8 Å². The van der Waals surface area contributed by atoms with Crippen LogP contribution in [0, 0.1) is 0 Å². The van der Waals surface area contributed by atoms with Crippen LogP contribution in [0.25, 0.3) is 0 Å². The Hall–Kier alpha value is -0.780. The number of nitrogens with one attached hydrogen (secondary N) is 1. The SMILES string of the molecule is O=C(Cc1ccc(S)cc1)NCc1cc(Br)cs1. The molecule has 1 heterocycles. The van der Waals surface area contributed by atoms with Crippen molar-refractivity contribution in [1.29, 1.82) is 0 Å². The van der Waals surface area contributed by atoms with Crippen molar-refractivity contribution in [2.75, 3.05) is 0 Å². The third kappa shape index (κ3) is 4.15. The van der Waals surface area contributed by atoms with Gasteiger partial charge in [-0.2, -0.15) is 0 Å². The van der Waals surface area contributed by atoms with Gasteiger partial charge in [0.15, 0.2) is 0 Å². The van der Waals surface area contributed by atoms with E-state index in [0.29, 0.717) is 13.0 Å². The minimum Gasteiger partial charge on any atom is -0.351 e. The van der Waals surface area contributed by atoms with Crippen LogP contribution in [0.4, 0.5) is 0 Å². The lowest BCUT2D eigenvalue weighted by atomic mass is 10.1. The lowest BCUT2D eigenvalue weighted by molar-refractivity contribution is -0.120. The zero-order valence-electron chi connectivity index (χ0n) is 9.52. The molecule has 1 aromatic carbocycles. The predicted molar refractivity (Wildman–Crippen MR) is 81.3 cm³/mol. The molecule has 0 fully saturated rings. The number of hydrogen-bond donors (Lipinski definition) is 2. The molecule has 5 heteroatoms. The van der Waals surface area contributed by atoms with Gasteiger partial charge in [0.25, 0.3) is 0 Å². The summed E-state index contributed by atoms with van der Waals surface area (Å²) in [7, 11) is 0. The third-order valence-electron chi connectivity index (χ3n) is 2.38. The molecule has 0 saturated carbocycles. The van der Waals surface area contributed by atoms with Crippen LogP contribution in [0.1, 0.15) is 10.4 Å². The first-order valence-corrected chi connectivity index (χ1v) is 7.53. The van der Waals surface area contributed by atoms with Crippen LogP contribution in [0.2, 0.25) is 0 Å². The molecule has 0 radical (unpaired) electrons. The van der Waals surface area contributed by atoms with Gasteiger partial charge in [-0.3, -0.25) is 4.79 Å². The molecule has 0 atom stereocenters. The van der Waals surface area contributed by atoms with Crippen molar-refractivity contribution >= 4 is 45.8 Å². The minimum atomic E-state index is 0.0337. The number of carbonyl (C=O) groups is 1. The van der Waals surface area contributed by atoms with Crippen molar-refractivity contribution in [2.24, 2.45) is 0 Å². The molecule has 2 rings (SSSR count). The van der Waals surface area contributed by atoms with E-state index >= 15 is 0 Å². The molecule has 0 aliphatic carbocycles. The zero-order valence-corrected chi connectivity index (χ0v) is 12.8.